The molecule has 0 aliphatic carbocycles. The molecule has 0 heterocycles. The van der Waals surface area contributed by atoms with Crippen molar-refractivity contribution in [2.75, 3.05) is 11.4 Å². The number of hydrogen-bond acceptors (Lipinski definition) is 2. The molecule has 0 saturated carbocycles. The summed E-state index contributed by atoms with van der Waals surface area (Å²) in [5, 5.41) is 0. The molecule has 16 heavy (non-hydrogen) atoms. The van der Waals surface area contributed by atoms with Crippen LogP contribution in [-0.2, 0) is 9.59 Å². The Hall–Kier alpha value is -2.08. The molecule has 1 amide bonds. The number of anilines is 1. The summed E-state index contributed by atoms with van der Waals surface area (Å²) in [6, 6.07) is 7.28. The van der Waals surface area contributed by atoms with E-state index < -0.39 is 11.7 Å². The predicted molar refractivity (Wildman–Crippen MR) is 63.0 cm³/mol. The van der Waals surface area contributed by atoms with Crippen molar-refractivity contribution in [2.24, 2.45) is 0 Å². The lowest BCUT2D eigenvalue weighted by molar-refractivity contribution is -0.134. The first kappa shape index (κ1) is 12.0. The number of aryl methyl sites for hydroxylation is 1. The molecule has 0 fully saturated rings. The summed E-state index contributed by atoms with van der Waals surface area (Å²) in [5.74, 6) is 1.27. The Morgan fingerprint density at radius 1 is 1.31 bits per heavy atom. The zero-order valence-electron chi connectivity index (χ0n) is 9.36. The van der Waals surface area contributed by atoms with Crippen LogP contribution in [0.5, 0.6) is 0 Å². The molecule has 0 aliphatic rings. The number of carbonyl (C=O) groups excluding carboxylic acids is 2. The van der Waals surface area contributed by atoms with Gasteiger partial charge in [-0.15, -0.1) is 6.42 Å². The summed E-state index contributed by atoms with van der Waals surface area (Å²) >= 11 is 0. The molecule has 0 spiro atoms. The Bertz CT molecular complexity index is 440. The van der Waals surface area contributed by atoms with Gasteiger partial charge in [0.25, 0.3) is 5.91 Å². The van der Waals surface area contributed by atoms with Crippen molar-refractivity contribution in [1.29, 1.82) is 0 Å². The Kier molecular flexibility index (Phi) is 3.84. The highest BCUT2D eigenvalue weighted by Gasteiger charge is 2.18. The first-order chi connectivity index (χ1) is 7.56. The normalized spacial score (nSPS) is 9.31. The monoisotopic (exact) mass is 215 g/mol. The first-order valence-electron chi connectivity index (χ1n) is 4.89. The number of nitrogens with zero attached hydrogens (tertiary/aromatic N) is 1. The number of amides is 1. The summed E-state index contributed by atoms with van der Waals surface area (Å²) in [7, 11) is 0. The smallest absolute Gasteiger partial charge is 0.294 e. The number of hydrogen-bond donors (Lipinski definition) is 0. The standard InChI is InChI=1S/C13H13NO2/c1-4-9-14(13(16)11(3)15)12-7-5-10(2)6-8-12/h1,5-8H,9H2,2-3H3. The van der Waals surface area contributed by atoms with E-state index in [0.717, 1.165) is 5.56 Å². The highest BCUT2D eigenvalue weighted by atomic mass is 16.2. The van der Waals surface area contributed by atoms with E-state index in [1.54, 1.807) is 12.1 Å². The Morgan fingerprint density at radius 2 is 1.88 bits per heavy atom. The molecule has 0 bridgehead atoms. The van der Waals surface area contributed by atoms with Gasteiger partial charge in [0.2, 0.25) is 5.78 Å². The van der Waals surface area contributed by atoms with E-state index in [4.69, 9.17) is 6.42 Å². The molecule has 3 nitrogen and oxygen atoms in total. The summed E-state index contributed by atoms with van der Waals surface area (Å²) in [5.41, 5.74) is 1.73. The number of terminal acetylenes is 1. The van der Waals surface area contributed by atoms with Gasteiger partial charge >= 0.3 is 0 Å². The van der Waals surface area contributed by atoms with E-state index in [0.29, 0.717) is 5.69 Å². The van der Waals surface area contributed by atoms with Gasteiger partial charge in [0.1, 0.15) is 0 Å². The van der Waals surface area contributed by atoms with Gasteiger partial charge in [0.15, 0.2) is 0 Å². The highest BCUT2D eigenvalue weighted by Crippen LogP contribution is 2.15. The molecular weight excluding hydrogens is 202 g/mol. The van der Waals surface area contributed by atoms with Crippen molar-refractivity contribution in [2.45, 2.75) is 13.8 Å². The van der Waals surface area contributed by atoms with Crippen molar-refractivity contribution in [1.82, 2.24) is 0 Å². The highest BCUT2D eigenvalue weighted by molar-refractivity contribution is 6.40. The van der Waals surface area contributed by atoms with Gasteiger partial charge in [0.05, 0.1) is 6.54 Å². The minimum Gasteiger partial charge on any atom is -0.294 e. The lowest BCUT2D eigenvalue weighted by Crippen LogP contribution is -2.35. The molecule has 0 aliphatic heterocycles. The van der Waals surface area contributed by atoms with Gasteiger partial charge in [-0.3, -0.25) is 14.5 Å². The van der Waals surface area contributed by atoms with Crippen molar-refractivity contribution in [3.63, 3.8) is 0 Å². The number of rotatable bonds is 3. The maximum absolute atomic E-state index is 11.6. The number of carbonyl (C=O) groups is 2. The molecule has 1 rings (SSSR count). The largest absolute Gasteiger partial charge is 0.294 e. The van der Waals surface area contributed by atoms with Gasteiger partial charge in [-0.25, -0.2) is 0 Å². The van der Waals surface area contributed by atoms with Crippen LogP contribution in [-0.4, -0.2) is 18.2 Å². The minimum atomic E-state index is -0.582. The Balaban J connectivity index is 3.03. The number of ketones is 1. The predicted octanol–water partition coefficient (Wildman–Crippen LogP) is 1.55. The maximum Gasteiger partial charge on any atom is 0.294 e. The second kappa shape index (κ2) is 5.13. The molecule has 1 aromatic carbocycles. The van der Waals surface area contributed by atoms with Gasteiger partial charge in [0, 0.05) is 12.6 Å². The summed E-state index contributed by atoms with van der Waals surface area (Å²) < 4.78 is 0. The van der Waals surface area contributed by atoms with E-state index >= 15 is 0 Å². The van der Waals surface area contributed by atoms with Crippen LogP contribution in [0.4, 0.5) is 5.69 Å². The molecule has 3 heteroatoms. The van der Waals surface area contributed by atoms with Gasteiger partial charge in [-0.1, -0.05) is 23.6 Å². The van der Waals surface area contributed by atoms with Crippen LogP contribution in [0.25, 0.3) is 0 Å². The fourth-order valence-electron chi connectivity index (χ4n) is 1.29. The first-order valence-corrected chi connectivity index (χ1v) is 4.89. The summed E-state index contributed by atoms with van der Waals surface area (Å²) in [6.45, 7) is 3.28. The maximum atomic E-state index is 11.6. The van der Waals surface area contributed by atoms with E-state index in [1.165, 1.54) is 11.8 Å². The molecule has 82 valence electrons. The average molecular weight is 215 g/mol. The quantitative estimate of drug-likeness (QED) is 0.566. The topological polar surface area (TPSA) is 37.4 Å². The van der Waals surface area contributed by atoms with E-state index in [9.17, 15) is 9.59 Å². The zero-order valence-corrected chi connectivity index (χ0v) is 9.36. The number of benzene rings is 1. The molecule has 0 N–H and O–H groups in total. The molecule has 0 radical (unpaired) electrons. The van der Waals surface area contributed by atoms with Crippen molar-refractivity contribution in [3.8, 4) is 12.3 Å². The van der Waals surface area contributed by atoms with E-state index in [2.05, 4.69) is 5.92 Å². The average Bonchev–Trinajstić information content (AvgIpc) is 2.26. The van der Waals surface area contributed by atoms with Gasteiger partial charge < -0.3 is 0 Å². The van der Waals surface area contributed by atoms with Crippen molar-refractivity contribution >= 4 is 17.4 Å². The summed E-state index contributed by atoms with van der Waals surface area (Å²) in [6.07, 6.45) is 5.18. The fourth-order valence-corrected chi connectivity index (χ4v) is 1.29. The molecule has 0 saturated heterocycles. The van der Waals surface area contributed by atoms with Crippen molar-refractivity contribution < 1.29 is 9.59 Å². The third kappa shape index (κ3) is 2.71. The van der Waals surface area contributed by atoms with Gasteiger partial charge in [-0.2, -0.15) is 0 Å². The van der Waals surface area contributed by atoms with Gasteiger partial charge in [-0.05, 0) is 19.1 Å². The van der Waals surface area contributed by atoms with Crippen LogP contribution in [0.15, 0.2) is 24.3 Å². The fraction of sp³-hybridized carbons (Fsp3) is 0.231. The second-order valence-electron chi connectivity index (χ2n) is 3.49. The SMILES string of the molecule is C#CCN(C(=O)C(C)=O)c1ccc(C)cc1. The molecule has 0 unspecified atom stereocenters. The molecule has 0 atom stereocenters. The lowest BCUT2D eigenvalue weighted by atomic mass is 10.2. The third-order valence-corrected chi connectivity index (χ3v) is 2.14. The summed E-state index contributed by atoms with van der Waals surface area (Å²) in [4.78, 5) is 23.9. The van der Waals surface area contributed by atoms with Crippen LogP contribution in [0.2, 0.25) is 0 Å². The van der Waals surface area contributed by atoms with Crippen LogP contribution in [0, 0.1) is 19.3 Å². The Morgan fingerprint density at radius 3 is 2.31 bits per heavy atom. The molecule has 1 aromatic rings. The van der Waals surface area contributed by atoms with Crippen molar-refractivity contribution in [3.05, 3.63) is 29.8 Å². The Labute approximate surface area is 95.1 Å². The zero-order chi connectivity index (χ0) is 12.1. The van der Waals surface area contributed by atoms with Crippen LogP contribution in [0.3, 0.4) is 0 Å². The molecule has 0 aromatic heterocycles. The third-order valence-electron chi connectivity index (χ3n) is 2.14. The number of Topliss-reactive ketones (excluding diaryl/α,β-unsaturated/α-hetero) is 1. The van der Waals surface area contributed by atoms with Crippen LogP contribution >= 0.6 is 0 Å². The second-order valence-corrected chi connectivity index (χ2v) is 3.49. The van der Waals surface area contributed by atoms with Crippen LogP contribution in [0.1, 0.15) is 12.5 Å². The molecular formula is C13H13NO2. The lowest BCUT2D eigenvalue weighted by Gasteiger charge is -2.18. The van der Waals surface area contributed by atoms with E-state index in [-0.39, 0.29) is 6.54 Å². The van der Waals surface area contributed by atoms with Crippen LogP contribution < -0.4 is 4.90 Å². The minimum absolute atomic E-state index is 0.0987. The van der Waals surface area contributed by atoms with E-state index in [1.807, 2.05) is 19.1 Å².